The first-order chi connectivity index (χ1) is 12.2. The van der Waals surface area contributed by atoms with Gasteiger partial charge >= 0.3 is 0 Å². The van der Waals surface area contributed by atoms with Crippen LogP contribution in [0.25, 0.3) is 0 Å². The Bertz CT molecular complexity index is 497. The van der Waals surface area contributed by atoms with E-state index in [4.69, 9.17) is 13.9 Å². The highest BCUT2D eigenvalue weighted by Crippen LogP contribution is 2.37. The fourth-order valence-corrected chi connectivity index (χ4v) is 4.53. The van der Waals surface area contributed by atoms with Gasteiger partial charge in [0.05, 0.1) is 23.5 Å². The Labute approximate surface area is 170 Å². The normalized spacial score (nSPS) is 16.8. The monoisotopic (exact) mass is 419 g/mol. The van der Waals surface area contributed by atoms with E-state index in [1.54, 1.807) is 19.3 Å². The fourth-order valence-electron chi connectivity index (χ4n) is 2.14. The average Bonchev–Trinajstić information content (AvgIpc) is 2.53. The lowest BCUT2D eigenvalue weighted by atomic mass is 10.1. The fraction of sp³-hybridized carbons (Fsp3) is 0.800. The Morgan fingerprint density at radius 1 is 1.15 bits per heavy atom. The molecule has 0 aromatic rings. The molecule has 0 spiro atoms. The maximum atomic E-state index is 13.2. The van der Waals surface area contributed by atoms with Crippen molar-refractivity contribution in [2.24, 2.45) is 0 Å². The number of methoxy groups -OCH3 is 1. The zero-order valence-corrected chi connectivity index (χ0v) is 20.6. The van der Waals surface area contributed by atoms with Crippen molar-refractivity contribution < 1.29 is 18.1 Å². The van der Waals surface area contributed by atoms with Crippen molar-refractivity contribution in [1.82, 2.24) is 4.31 Å². The molecule has 7 heteroatoms. The van der Waals surface area contributed by atoms with Crippen LogP contribution in [0.1, 0.15) is 41.5 Å². The molecule has 0 amide bonds. The van der Waals surface area contributed by atoms with Crippen molar-refractivity contribution in [2.75, 3.05) is 27.1 Å². The highest BCUT2D eigenvalue weighted by Gasteiger charge is 2.40. The van der Waals surface area contributed by atoms with Gasteiger partial charge in [0.2, 0.25) is 0 Å². The van der Waals surface area contributed by atoms with Crippen LogP contribution in [0, 0.1) is 0 Å². The predicted molar refractivity (Wildman–Crippen MR) is 119 cm³/mol. The number of hydrogen-bond acceptors (Lipinski definition) is 4. The molecule has 0 radical (unpaired) electrons. The van der Waals surface area contributed by atoms with E-state index >= 15 is 0 Å². The molecule has 3 atom stereocenters. The summed E-state index contributed by atoms with van der Waals surface area (Å²) in [6, 6.07) is -0.259. The van der Waals surface area contributed by atoms with Gasteiger partial charge in [0.15, 0.2) is 8.32 Å². The van der Waals surface area contributed by atoms with E-state index in [-0.39, 0.29) is 24.0 Å². The number of nitrogens with zero attached hydrogens (tertiary/aromatic N) is 1. The summed E-state index contributed by atoms with van der Waals surface area (Å²) in [5.41, 5.74) is 0. The largest absolute Gasteiger partial charge is 0.415 e. The van der Waals surface area contributed by atoms with Gasteiger partial charge in [-0.2, -0.15) is 0 Å². The summed E-state index contributed by atoms with van der Waals surface area (Å²) in [5.74, 6) is 0. The quantitative estimate of drug-likeness (QED) is 0.265. The standard InChI is InChI=1S/C20H41NO4SSi/c1-12-14-21(26(22)19(3,4)5)17(18(13-2)24-16-23-9)15-25-27(10,11)20(6,7)8/h12-13,17-18H,1-2,14-16H2,3-11H3/t17-,18+,26+/m0/s1. The van der Waals surface area contributed by atoms with Crippen molar-refractivity contribution >= 4 is 19.3 Å². The van der Waals surface area contributed by atoms with E-state index in [9.17, 15) is 4.21 Å². The summed E-state index contributed by atoms with van der Waals surface area (Å²) >= 11 is 0. The van der Waals surface area contributed by atoms with Gasteiger partial charge in [0.1, 0.15) is 17.8 Å². The maximum Gasteiger partial charge on any atom is 0.192 e. The van der Waals surface area contributed by atoms with E-state index < -0.39 is 24.1 Å². The Hall–Kier alpha value is -0.313. The third-order valence-electron chi connectivity index (χ3n) is 4.83. The van der Waals surface area contributed by atoms with Crippen LogP contribution in [0.4, 0.5) is 0 Å². The zero-order chi connectivity index (χ0) is 21.5. The molecule has 0 bridgehead atoms. The van der Waals surface area contributed by atoms with E-state index in [2.05, 4.69) is 47.0 Å². The highest BCUT2D eigenvalue weighted by molar-refractivity contribution is 7.84. The Balaban J connectivity index is 5.81. The molecule has 0 aliphatic rings. The molecule has 0 aromatic heterocycles. The van der Waals surface area contributed by atoms with Crippen LogP contribution >= 0.6 is 0 Å². The molecule has 0 aliphatic carbocycles. The third kappa shape index (κ3) is 8.29. The van der Waals surface area contributed by atoms with Crippen LogP contribution in [-0.4, -0.2) is 60.8 Å². The summed E-state index contributed by atoms with van der Waals surface area (Å²) in [6.45, 7) is 25.7. The molecule has 27 heavy (non-hydrogen) atoms. The van der Waals surface area contributed by atoms with Crippen LogP contribution in [0.3, 0.4) is 0 Å². The zero-order valence-electron chi connectivity index (χ0n) is 18.8. The molecule has 0 unspecified atom stereocenters. The average molecular weight is 420 g/mol. The molecule has 0 saturated heterocycles. The van der Waals surface area contributed by atoms with E-state index in [1.807, 2.05) is 25.1 Å². The van der Waals surface area contributed by atoms with Crippen LogP contribution in [0.5, 0.6) is 0 Å². The van der Waals surface area contributed by atoms with Crippen LogP contribution < -0.4 is 0 Å². The minimum absolute atomic E-state index is 0.0844. The first kappa shape index (κ1) is 26.7. The number of ether oxygens (including phenoxy) is 2. The third-order valence-corrected chi connectivity index (χ3v) is 11.2. The van der Waals surface area contributed by atoms with Gasteiger partial charge in [-0.25, -0.2) is 8.51 Å². The van der Waals surface area contributed by atoms with Crippen LogP contribution in [0.2, 0.25) is 18.1 Å². The molecule has 0 saturated carbocycles. The van der Waals surface area contributed by atoms with Gasteiger partial charge in [0.25, 0.3) is 0 Å². The van der Waals surface area contributed by atoms with Crippen molar-refractivity contribution in [3.8, 4) is 0 Å². The van der Waals surface area contributed by atoms with E-state index in [1.165, 1.54) is 0 Å². The van der Waals surface area contributed by atoms with Gasteiger partial charge in [-0.05, 0) is 38.9 Å². The Morgan fingerprint density at radius 2 is 1.70 bits per heavy atom. The van der Waals surface area contributed by atoms with Gasteiger partial charge in [0, 0.05) is 13.7 Å². The molecule has 0 fully saturated rings. The minimum Gasteiger partial charge on any atom is -0.415 e. The summed E-state index contributed by atoms with van der Waals surface area (Å²) in [6.07, 6.45) is 3.12. The maximum absolute atomic E-state index is 13.2. The number of rotatable bonds is 12. The predicted octanol–water partition coefficient (Wildman–Crippen LogP) is 4.50. The summed E-state index contributed by atoms with van der Waals surface area (Å²) in [5, 5.41) is 0.0844. The first-order valence-corrected chi connectivity index (χ1v) is 13.4. The summed E-state index contributed by atoms with van der Waals surface area (Å²) < 4.78 is 32.1. The Morgan fingerprint density at radius 3 is 2.07 bits per heavy atom. The molecule has 5 nitrogen and oxygen atoms in total. The van der Waals surface area contributed by atoms with Gasteiger partial charge < -0.3 is 13.9 Å². The lowest BCUT2D eigenvalue weighted by Crippen LogP contribution is -2.54. The molecular weight excluding hydrogens is 378 g/mol. The van der Waals surface area contributed by atoms with Crippen molar-refractivity contribution in [3.63, 3.8) is 0 Å². The van der Waals surface area contributed by atoms with Crippen molar-refractivity contribution in [2.45, 2.75) is 76.6 Å². The Kier molecular flexibility index (Phi) is 10.9. The SMILES string of the molecule is C=CCN([C@@H](CO[Si](C)(C)C(C)(C)C)[C@@H](C=C)OCOC)[S@](=O)C(C)(C)C. The molecule has 0 N–H and O–H groups in total. The second-order valence-corrected chi connectivity index (χ2v) is 16.2. The van der Waals surface area contributed by atoms with E-state index in [0.717, 1.165) is 0 Å². The highest BCUT2D eigenvalue weighted by atomic mass is 32.2. The molecule has 160 valence electrons. The minimum atomic E-state index is -1.98. The van der Waals surface area contributed by atoms with Gasteiger partial charge in [-0.1, -0.05) is 32.9 Å². The summed E-state index contributed by atoms with van der Waals surface area (Å²) in [7, 11) is -1.65. The number of hydrogen-bond donors (Lipinski definition) is 0. The van der Waals surface area contributed by atoms with Crippen molar-refractivity contribution in [1.29, 1.82) is 0 Å². The molecule has 0 heterocycles. The van der Waals surface area contributed by atoms with Crippen LogP contribution in [0.15, 0.2) is 25.3 Å². The summed E-state index contributed by atoms with van der Waals surface area (Å²) in [4.78, 5) is 0. The molecule has 0 rings (SSSR count). The topological polar surface area (TPSA) is 48.0 Å². The lowest BCUT2D eigenvalue weighted by molar-refractivity contribution is -0.0778. The van der Waals surface area contributed by atoms with Crippen molar-refractivity contribution in [3.05, 3.63) is 25.3 Å². The van der Waals surface area contributed by atoms with E-state index in [0.29, 0.717) is 13.2 Å². The molecule has 0 aromatic carbocycles. The lowest BCUT2D eigenvalue weighted by Gasteiger charge is -2.41. The smallest absolute Gasteiger partial charge is 0.192 e. The van der Waals surface area contributed by atoms with Gasteiger partial charge in [-0.15, -0.1) is 13.2 Å². The second-order valence-electron chi connectivity index (χ2n) is 9.16. The molecular formula is C20H41NO4SSi. The second kappa shape index (κ2) is 11.0. The molecule has 0 aliphatic heterocycles. The first-order valence-electron chi connectivity index (χ1n) is 9.39. The van der Waals surface area contributed by atoms with Gasteiger partial charge in [-0.3, -0.25) is 0 Å². The van der Waals surface area contributed by atoms with Crippen LogP contribution in [-0.2, 0) is 24.9 Å².